The minimum Gasteiger partial charge on any atom is -0.354 e. The molecule has 144 valence electrons. The molecule has 0 bridgehead atoms. The molecule has 1 aliphatic rings. The zero-order chi connectivity index (χ0) is 19.3. The van der Waals surface area contributed by atoms with E-state index in [4.69, 9.17) is 4.52 Å². The van der Waals surface area contributed by atoms with Crippen molar-refractivity contribution in [3.05, 3.63) is 54.0 Å². The van der Waals surface area contributed by atoms with Crippen molar-refractivity contribution in [2.45, 2.75) is 26.3 Å². The molecule has 4 rings (SSSR count). The van der Waals surface area contributed by atoms with Gasteiger partial charge in [-0.1, -0.05) is 35.5 Å². The van der Waals surface area contributed by atoms with Crippen molar-refractivity contribution < 1.29 is 9.32 Å². The third-order valence-corrected chi connectivity index (χ3v) is 4.81. The number of piperidine rings is 1. The van der Waals surface area contributed by atoms with Gasteiger partial charge < -0.3 is 14.7 Å². The molecule has 1 fully saturated rings. The number of hydrogen-bond donors (Lipinski definition) is 1. The van der Waals surface area contributed by atoms with Gasteiger partial charge >= 0.3 is 0 Å². The number of amides is 1. The number of aromatic nitrogens is 4. The molecular weight excluding hydrogens is 356 g/mol. The minimum absolute atomic E-state index is 0.00997. The highest BCUT2D eigenvalue weighted by molar-refractivity contribution is 5.79. The van der Waals surface area contributed by atoms with Gasteiger partial charge in [0.15, 0.2) is 5.82 Å². The zero-order valence-electron chi connectivity index (χ0n) is 15.7. The van der Waals surface area contributed by atoms with E-state index in [-0.39, 0.29) is 18.4 Å². The molecule has 0 aliphatic carbocycles. The first-order chi connectivity index (χ1) is 13.7. The van der Waals surface area contributed by atoms with Crippen LogP contribution in [0.2, 0.25) is 0 Å². The smallest absolute Gasteiger partial charge is 0.246 e. The first-order valence-electron chi connectivity index (χ1n) is 9.40. The van der Waals surface area contributed by atoms with E-state index in [1.54, 1.807) is 0 Å². The van der Waals surface area contributed by atoms with Gasteiger partial charge in [-0.3, -0.25) is 4.79 Å². The number of carbonyl (C=O) groups excluding carboxylic acids is 1. The lowest BCUT2D eigenvalue weighted by Crippen LogP contribution is -2.43. The number of aryl methyl sites for hydroxylation is 1. The lowest BCUT2D eigenvalue weighted by Gasteiger charge is -2.32. The number of rotatable bonds is 5. The van der Waals surface area contributed by atoms with Crippen LogP contribution < -0.4 is 10.2 Å². The molecular formula is C20H22N6O2. The number of benzene rings is 1. The van der Waals surface area contributed by atoms with Crippen molar-refractivity contribution in [3.63, 3.8) is 0 Å². The van der Waals surface area contributed by atoms with Gasteiger partial charge in [-0.25, -0.2) is 0 Å². The summed E-state index contributed by atoms with van der Waals surface area (Å²) in [6.07, 6.45) is 1.78. The summed E-state index contributed by atoms with van der Waals surface area (Å²) < 4.78 is 5.25. The Morgan fingerprint density at radius 1 is 1.21 bits per heavy atom. The lowest BCUT2D eigenvalue weighted by atomic mass is 9.97. The lowest BCUT2D eigenvalue weighted by molar-refractivity contribution is -0.125. The van der Waals surface area contributed by atoms with E-state index in [1.165, 1.54) is 0 Å². The molecule has 1 aliphatic heterocycles. The average molecular weight is 378 g/mol. The van der Waals surface area contributed by atoms with E-state index in [9.17, 15) is 4.79 Å². The van der Waals surface area contributed by atoms with E-state index in [0.29, 0.717) is 18.3 Å². The predicted molar refractivity (Wildman–Crippen MR) is 103 cm³/mol. The molecule has 8 heteroatoms. The second-order valence-electron chi connectivity index (χ2n) is 6.91. The fourth-order valence-corrected chi connectivity index (χ4v) is 3.30. The molecule has 2 aromatic heterocycles. The van der Waals surface area contributed by atoms with Crippen molar-refractivity contribution in [2.75, 3.05) is 18.0 Å². The molecule has 0 radical (unpaired) electrons. The molecule has 8 nitrogen and oxygen atoms in total. The van der Waals surface area contributed by atoms with Crippen LogP contribution in [0, 0.1) is 12.8 Å². The second kappa shape index (κ2) is 8.16. The van der Waals surface area contributed by atoms with Crippen LogP contribution >= 0.6 is 0 Å². The highest BCUT2D eigenvalue weighted by Crippen LogP contribution is 2.21. The number of hydrogen-bond acceptors (Lipinski definition) is 7. The third kappa shape index (κ3) is 4.16. The van der Waals surface area contributed by atoms with Crippen LogP contribution in [0.5, 0.6) is 0 Å². The Bertz CT molecular complexity index is 925. The van der Waals surface area contributed by atoms with Crippen molar-refractivity contribution in [2.24, 2.45) is 5.92 Å². The van der Waals surface area contributed by atoms with Crippen LogP contribution in [-0.2, 0) is 11.3 Å². The fourth-order valence-electron chi connectivity index (χ4n) is 3.30. The Hall–Kier alpha value is -3.29. The Morgan fingerprint density at radius 2 is 2.07 bits per heavy atom. The molecule has 1 unspecified atom stereocenters. The number of nitrogens with zero attached hydrogens (tertiary/aromatic N) is 5. The Labute approximate surface area is 163 Å². The van der Waals surface area contributed by atoms with Gasteiger partial charge in [0.05, 0.1) is 18.2 Å². The summed E-state index contributed by atoms with van der Waals surface area (Å²) in [5, 5.41) is 15.2. The van der Waals surface area contributed by atoms with Crippen molar-refractivity contribution in [3.8, 4) is 11.4 Å². The minimum atomic E-state index is -0.103. The SMILES string of the molecule is Cc1ccc(N2CCCC(C(=O)NCc3nc(-c4ccccc4)no3)C2)nn1. The van der Waals surface area contributed by atoms with Gasteiger partial charge in [-0.2, -0.15) is 10.1 Å². The Kier molecular flexibility index (Phi) is 5.27. The number of carbonyl (C=O) groups is 1. The van der Waals surface area contributed by atoms with Gasteiger partial charge in [0, 0.05) is 18.7 Å². The Balaban J connectivity index is 1.33. The normalized spacial score (nSPS) is 16.8. The van der Waals surface area contributed by atoms with E-state index in [1.807, 2.05) is 49.4 Å². The zero-order valence-corrected chi connectivity index (χ0v) is 15.7. The molecule has 0 spiro atoms. The molecule has 3 aromatic rings. The second-order valence-corrected chi connectivity index (χ2v) is 6.91. The van der Waals surface area contributed by atoms with Crippen molar-refractivity contribution in [1.29, 1.82) is 0 Å². The van der Waals surface area contributed by atoms with Gasteiger partial charge in [0.25, 0.3) is 0 Å². The van der Waals surface area contributed by atoms with Gasteiger partial charge in [0.1, 0.15) is 0 Å². The number of nitrogens with one attached hydrogen (secondary N) is 1. The van der Waals surface area contributed by atoms with Crippen LogP contribution in [-0.4, -0.2) is 39.3 Å². The topological polar surface area (TPSA) is 97.0 Å². The quantitative estimate of drug-likeness (QED) is 0.728. The maximum absolute atomic E-state index is 12.6. The first kappa shape index (κ1) is 18.1. The van der Waals surface area contributed by atoms with Crippen LogP contribution in [0.1, 0.15) is 24.4 Å². The van der Waals surface area contributed by atoms with Crippen LogP contribution in [0.15, 0.2) is 47.0 Å². The summed E-state index contributed by atoms with van der Waals surface area (Å²) >= 11 is 0. The summed E-state index contributed by atoms with van der Waals surface area (Å²) in [5.41, 5.74) is 1.76. The molecule has 1 aromatic carbocycles. The highest BCUT2D eigenvalue weighted by atomic mass is 16.5. The summed E-state index contributed by atoms with van der Waals surface area (Å²) in [4.78, 5) is 19.1. The molecule has 28 heavy (non-hydrogen) atoms. The summed E-state index contributed by atoms with van der Waals surface area (Å²) in [6.45, 7) is 3.64. The maximum atomic E-state index is 12.6. The largest absolute Gasteiger partial charge is 0.354 e. The fraction of sp³-hybridized carbons (Fsp3) is 0.350. The first-order valence-corrected chi connectivity index (χ1v) is 9.40. The van der Waals surface area contributed by atoms with E-state index in [2.05, 4.69) is 30.6 Å². The van der Waals surface area contributed by atoms with E-state index >= 15 is 0 Å². The molecule has 1 saturated heterocycles. The molecule has 0 saturated carbocycles. The molecule has 3 heterocycles. The van der Waals surface area contributed by atoms with Gasteiger partial charge in [-0.05, 0) is 31.9 Å². The van der Waals surface area contributed by atoms with Crippen LogP contribution in [0.3, 0.4) is 0 Å². The van der Waals surface area contributed by atoms with E-state index < -0.39 is 0 Å². The van der Waals surface area contributed by atoms with Crippen molar-refractivity contribution in [1.82, 2.24) is 25.7 Å². The predicted octanol–water partition coefficient (Wildman–Crippen LogP) is 2.37. The van der Waals surface area contributed by atoms with Gasteiger partial charge in [-0.15, -0.1) is 5.10 Å². The number of anilines is 1. The van der Waals surface area contributed by atoms with Crippen LogP contribution in [0.25, 0.3) is 11.4 Å². The monoisotopic (exact) mass is 378 g/mol. The van der Waals surface area contributed by atoms with Crippen molar-refractivity contribution >= 4 is 11.7 Å². The summed E-state index contributed by atoms with van der Waals surface area (Å²) in [6, 6.07) is 13.5. The Morgan fingerprint density at radius 3 is 2.86 bits per heavy atom. The van der Waals surface area contributed by atoms with E-state index in [0.717, 1.165) is 36.5 Å². The maximum Gasteiger partial charge on any atom is 0.246 e. The average Bonchev–Trinajstić information content (AvgIpc) is 3.22. The standard InChI is InChI=1S/C20H22N6O2/c1-14-9-10-17(24-23-14)26-11-5-8-16(13-26)20(27)21-12-18-22-19(25-28-18)15-6-3-2-4-7-15/h2-4,6-7,9-10,16H,5,8,11-13H2,1H3,(H,21,27). The highest BCUT2D eigenvalue weighted by Gasteiger charge is 2.27. The summed E-state index contributed by atoms with van der Waals surface area (Å²) in [5.74, 6) is 1.61. The summed E-state index contributed by atoms with van der Waals surface area (Å²) in [7, 11) is 0. The van der Waals surface area contributed by atoms with Gasteiger partial charge in [0.2, 0.25) is 17.6 Å². The molecule has 1 amide bonds. The third-order valence-electron chi connectivity index (χ3n) is 4.81. The molecule has 1 N–H and O–H groups in total. The van der Waals surface area contributed by atoms with Crippen LogP contribution in [0.4, 0.5) is 5.82 Å². The molecule has 1 atom stereocenters.